The van der Waals surface area contributed by atoms with E-state index in [0.29, 0.717) is 6.42 Å². The van der Waals surface area contributed by atoms with Gasteiger partial charge in [-0.2, -0.15) is 0 Å². The van der Waals surface area contributed by atoms with Gasteiger partial charge in [-0.15, -0.1) is 0 Å². The highest BCUT2D eigenvalue weighted by Crippen LogP contribution is 2.38. The third-order valence-corrected chi connectivity index (χ3v) is 5.29. The van der Waals surface area contributed by atoms with Crippen molar-refractivity contribution >= 4 is 0 Å². The van der Waals surface area contributed by atoms with Crippen LogP contribution in [0.5, 0.6) is 5.75 Å². The summed E-state index contributed by atoms with van der Waals surface area (Å²) >= 11 is 0. The number of halogens is 1. The van der Waals surface area contributed by atoms with Gasteiger partial charge in [0.25, 0.3) is 0 Å². The molecule has 25 heavy (non-hydrogen) atoms. The monoisotopic (exact) mass is 341 g/mol. The lowest BCUT2D eigenvalue weighted by molar-refractivity contribution is -0.0562. The van der Waals surface area contributed by atoms with Crippen LogP contribution < -0.4 is 4.74 Å². The van der Waals surface area contributed by atoms with Gasteiger partial charge in [0.1, 0.15) is 18.1 Å². The Bertz CT molecular complexity index is 721. The van der Waals surface area contributed by atoms with Crippen LogP contribution in [0.15, 0.2) is 48.5 Å². The molecule has 1 saturated heterocycles. The Balaban J connectivity index is 1.44. The second-order valence-corrected chi connectivity index (χ2v) is 6.87. The van der Waals surface area contributed by atoms with E-state index in [1.807, 2.05) is 24.3 Å². The normalized spacial score (nSPS) is 25.9. The number of ether oxygens (including phenoxy) is 2. The number of alkyl halides is 1. The summed E-state index contributed by atoms with van der Waals surface area (Å²) in [6.07, 6.45) is 0.716. The second kappa shape index (κ2) is 7.14. The number of hydrogen-bond donors (Lipinski definition) is 0. The number of aryl methyl sites for hydroxylation is 1. The highest BCUT2D eigenvalue weighted by Gasteiger charge is 2.41. The molecule has 4 atom stereocenters. The molecule has 2 aliphatic heterocycles. The summed E-state index contributed by atoms with van der Waals surface area (Å²) in [6, 6.07) is 16.2. The Hall–Kier alpha value is -1.91. The summed E-state index contributed by atoms with van der Waals surface area (Å²) in [7, 11) is 1.68. The van der Waals surface area contributed by atoms with Crippen molar-refractivity contribution in [3.63, 3.8) is 0 Å². The van der Waals surface area contributed by atoms with Crippen molar-refractivity contribution in [3.05, 3.63) is 65.2 Å². The third kappa shape index (κ3) is 3.42. The van der Waals surface area contributed by atoms with Crippen molar-refractivity contribution in [2.24, 2.45) is 0 Å². The summed E-state index contributed by atoms with van der Waals surface area (Å²) in [5.41, 5.74) is 3.61. The fourth-order valence-electron chi connectivity index (χ4n) is 3.91. The Morgan fingerprint density at radius 1 is 1.24 bits per heavy atom. The third-order valence-electron chi connectivity index (χ3n) is 5.29. The minimum absolute atomic E-state index is 0.0385. The molecule has 4 rings (SSSR count). The lowest BCUT2D eigenvalue weighted by atomic mass is 10.0. The molecule has 2 aromatic rings. The van der Waals surface area contributed by atoms with Gasteiger partial charge >= 0.3 is 0 Å². The maximum Gasteiger partial charge on any atom is 0.143 e. The van der Waals surface area contributed by atoms with Crippen molar-refractivity contribution in [2.45, 2.75) is 37.8 Å². The molecule has 132 valence electrons. The fourth-order valence-corrected chi connectivity index (χ4v) is 3.91. The second-order valence-electron chi connectivity index (χ2n) is 6.87. The van der Waals surface area contributed by atoms with Crippen molar-refractivity contribution in [1.29, 1.82) is 0 Å². The van der Waals surface area contributed by atoms with Crippen molar-refractivity contribution in [3.8, 4) is 5.75 Å². The van der Waals surface area contributed by atoms with Gasteiger partial charge in [0.2, 0.25) is 0 Å². The first-order valence-electron chi connectivity index (χ1n) is 8.99. The zero-order valence-electron chi connectivity index (χ0n) is 14.5. The van der Waals surface area contributed by atoms with Crippen LogP contribution in [0.1, 0.15) is 29.2 Å². The minimum atomic E-state index is -0.968. The van der Waals surface area contributed by atoms with Gasteiger partial charge in [0.15, 0.2) is 0 Å². The molecule has 3 nitrogen and oxygen atoms in total. The Morgan fingerprint density at radius 3 is 2.88 bits per heavy atom. The summed E-state index contributed by atoms with van der Waals surface area (Å²) in [4.78, 5) is 2.16. The average Bonchev–Trinajstić information content (AvgIpc) is 2.99. The summed E-state index contributed by atoms with van der Waals surface area (Å²) in [6.45, 7) is 1.60. The smallest absolute Gasteiger partial charge is 0.143 e. The zero-order chi connectivity index (χ0) is 17.2. The maximum atomic E-state index is 14.9. The lowest BCUT2D eigenvalue weighted by Gasteiger charge is -2.27. The molecule has 0 aliphatic carbocycles. The highest BCUT2D eigenvalue weighted by atomic mass is 19.1. The first-order chi connectivity index (χ1) is 12.2. The molecule has 0 spiro atoms. The van der Waals surface area contributed by atoms with Gasteiger partial charge in [0.05, 0.1) is 13.2 Å². The standard InChI is InChI=1S/C21H24FNO2/c1-24-17-8-9-18-16(13-17)11-12-23-14-20(18)25-21(23)19(22)10-7-15-5-3-2-4-6-15/h2-6,8-9,13,19-21H,7,10-12,14H2,1H3. The number of nitrogens with zero attached hydrogens (tertiary/aromatic N) is 1. The molecule has 2 heterocycles. The fraction of sp³-hybridized carbons (Fsp3) is 0.429. The summed E-state index contributed by atoms with van der Waals surface area (Å²) in [5.74, 6) is 0.870. The van der Waals surface area contributed by atoms with E-state index in [2.05, 4.69) is 29.2 Å². The highest BCUT2D eigenvalue weighted by molar-refractivity contribution is 5.38. The zero-order valence-corrected chi connectivity index (χ0v) is 14.5. The molecule has 0 N–H and O–H groups in total. The molecule has 0 amide bonds. The van der Waals surface area contributed by atoms with Crippen LogP contribution in [0.3, 0.4) is 0 Å². The molecular formula is C21H24FNO2. The predicted octanol–water partition coefficient (Wildman–Crippen LogP) is 3.92. The van der Waals surface area contributed by atoms with Crippen LogP contribution in [0.2, 0.25) is 0 Å². The Morgan fingerprint density at radius 2 is 2.08 bits per heavy atom. The quantitative estimate of drug-likeness (QED) is 0.823. The average molecular weight is 341 g/mol. The predicted molar refractivity (Wildman–Crippen MR) is 95.5 cm³/mol. The van der Waals surface area contributed by atoms with Crippen molar-refractivity contribution < 1.29 is 13.9 Å². The van der Waals surface area contributed by atoms with Crippen molar-refractivity contribution in [2.75, 3.05) is 20.2 Å². The van der Waals surface area contributed by atoms with Gasteiger partial charge in [-0.05, 0) is 48.1 Å². The molecule has 4 unspecified atom stereocenters. The van der Waals surface area contributed by atoms with Gasteiger partial charge < -0.3 is 9.47 Å². The summed E-state index contributed by atoms with van der Waals surface area (Å²) < 4.78 is 26.3. The minimum Gasteiger partial charge on any atom is -0.497 e. The van der Waals surface area contributed by atoms with E-state index >= 15 is 0 Å². The number of fused-ring (bicyclic) bond motifs is 4. The van der Waals surface area contributed by atoms with Gasteiger partial charge in [-0.25, -0.2) is 4.39 Å². The molecule has 0 radical (unpaired) electrons. The Kier molecular flexibility index (Phi) is 4.73. The molecule has 0 saturated carbocycles. The van der Waals surface area contributed by atoms with E-state index in [0.717, 1.165) is 31.7 Å². The van der Waals surface area contributed by atoms with E-state index in [1.165, 1.54) is 16.7 Å². The summed E-state index contributed by atoms with van der Waals surface area (Å²) in [5, 5.41) is 0. The van der Waals surface area contributed by atoms with E-state index < -0.39 is 12.4 Å². The van der Waals surface area contributed by atoms with Crippen LogP contribution in [-0.4, -0.2) is 37.5 Å². The van der Waals surface area contributed by atoms with Gasteiger partial charge in [0, 0.05) is 13.1 Å². The molecule has 2 bridgehead atoms. The maximum absolute atomic E-state index is 14.9. The van der Waals surface area contributed by atoms with Crippen LogP contribution in [-0.2, 0) is 17.6 Å². The Labute approximate surface area is 148 Å². The lowest BCUT2D eigenvalue weighted by Crippen LogP contribution is -2.39. The molecule has 0 aromatic heterocycles. The number of hydrogen-bond acceptors (Lipinski definition) is 3. The largest absolute Gasteiger partial charge is 0.497 e. The number of methoxy groups -OCH3 is 1. The first kappa shape index (κ1) is 16.6. The first-order valence-corrected chi connectivity index (χ1v) is 8.99. The van der Waals surface area contributed by atoms with Crippen molar-refractivity contribution in [1.82, 2.24) is 4.90 Å². The number of benzene rings is 2. The van der Waals surface area contributed by atoms with E-state index in [4.69, 9.17) is 9.47 Å². The molecule has 4 heteroatoms. The molecular weight excluding hydrogens is 317 g/mol. The van der Waals surface area contributed by atoms with E-state index in [9.17, 15) is 4.39 Å². The molecule has 2 aliphatic rings. The SMILES string of the molecule is COc1ccc2c(c1)CCN1CC2OC1C(F)CCc1ccccc1. The number of rotatable bonds is 5. The van der Waals surface area contributed by atoms with Crippen LogP contribution in [0.25, 0.3) is 0 Å². The van der Waals surface area contributed by atoms with E-state index in [1.54, 1.807) is 7.11 Å². The van der Waals surface area contributed by atoms with Gasteiger partial charge in [-0.3, -0.25) is 4.90 Å². The van der Waals surface area contributed by atoms with Crippen LogP contribution in [0.4, 0.5) is 4.39 Å². The molecule has 1 fully saturated rings. The van der Waals surface area contributed by atoms with Crippen LogP contribution in [0, 0.1) is 0 Å². The van der Waals surface area contributed by atoms with Gasteiger partial charge in [-0.1, -0.05) is 36.4 Å². The topological polar surface area (TPSA) is 21.7 Å². The molecule has 2 aromatic carbocycles. The van der Waals surface area contributed by atoms with E-state index in [-0.39, 0.29) is 6.10 Å². The van der Waals surface area contributed by atoms with Crippen LogP contribution >= 0.6 is 0 Å².